The minimum atomic E-state index is -4.32. The van der Waals surface area contributed by atoms with Crippen LogP contribution in [0.3, 0.4) is 0 Å². The Hall–Kier alpha value is -1.30. The van der Waals surface area contributed by atoms with Crippen LogP contribution < -0.4 is 10.2 Å². The molecule has 1 aliphatic rings. The van der Waals surface area contributed by atoms with Crippen LogP contribution in [-0.2, 0) is 6.18 Å². The van der Waals surface area contributed by atoms with Crippen LogP contribution >= 0.6 is 0 Å². The highest BCUT2D eigenvalue weighted by Gasteiger charge is 2.31. The van der Waals surface area contributed by atoms with Crippen molar-refractivity contribution in [3.05, 3.63) is 23.9 Å². The Morgan fingerprint density at radius 1 is 1.30 bits per heavy atom. The minimum absolute atomic E-state index is 0.470. The predicted octanol–water partition coefficient (Wildman–Crippen LogP) is 2.92. The fourth-order valence-electron chi connectivity index (χ4n) is 2.61. The molecular weight excluding hydrogens is 267 g/mol. The predicted molar refractivity (Wildman–Crippen MR) is 72.7 cm³/mol. The highest BCUT2D eigenvalue weighted by atomic mass is 19.4. The van der Waals surface area contributed by atoms with Crippen molar-refractivity contribution in [3.8, 4) is 0 Å². The summed E-state index contributed by atoms with van der Waals surface area (Å²) in [6.07, 6.45) is -1.34. The van der Waals surface area contributed by atoms with Crippen molar-refractivity contribution in [2.75, 3.05) is 25.0 Å². The first kappa shape index (κ1) is 15.1. The zero-order chi connectivity index (χ0) is 14.8. The third-order valence-electron chi connectivity index (χ3n) is 4.10. The number of piperidine rings is 1. The van der Waals surface area contributed by atoms with E-state index in [-0.39, 0.29) is 0 Å². The van der Waals surface area contributed by atoms with E-state index in [1.807, 2.05) is 7.05 Å². The van der Waals surface area contributed by atoms with Crippen LogP contribution in [0.1, 0.15) is 25.3 Å². The summed E-state index contributed by atoms with van der Waals surface area (Å²) in [6.45, 7) is 3.85. The molecule has 2 heterocycles. The summed E-state index contributed by atoms with van der Waals surface area (Å²) in [4.78, 5) is 6.00. The Balaban J connectivity index is 1.97. The molecule has 0 spiro atoms. The fourth-order valence-corrected chi connectivity index (χ4v) is 2.61. The lowest BCUT2D eigenvalue weighted by atomic mass is 9.90. The lowest BCUT2D eigenvalue weighted by molar-refractivity contribution is -0.137. The van der Waals surface area contributed by atoms with Crippen molar-refractivity contribution in [1.82, 2.24) is 10.3 Å². The largest absolute Gasteiger partial charge is 0.417 e. The summed E-state index contributed by atoms with van der Waals surface area (Å²) in [5.41, 5.74) is -0.694. The number of pyridine rings is 1. The quantitative estimate of drug-likeness (QED) is 0.926. The number of alkyl halides is 3. The van der Waals surface area contributed by atoms with Crippen LogP contribution in [0.4, 0.5) is 19.0 Å². The zero-order valence-electron chi connectivity index (χ0n) is 11.7. The average Bonchev–Trinajstić information content (AvgIpc) is 2.46. The van der Waals surface area contributed by atoms with Gasteiger partial charge in [-0.25, -0.2) is 4.98 Å². The van der Waals surface area contributed by atoms with Gasteiger partial charge in [0.2, 0.25) is 0 Å². The van der Waals surface area contributed by atoms with E-state index in [1.54, 1.807) is 0 Å². The Morgan fingerprint density at radius 3 is 2.40 bits per heavy atom. The first-order valence-corrected chi connectivity index (χ1v) is 6.87. The topological polar surface area (TPSA) is 28.2 Å². The molecule has 20 heavy (non-hydrogen) atoms. The van der Waals surface area contributed by atoms with Crippen molar-refractivity contribution in [2.24, 2.45) is 5.92 Å². The molecule has 6 heteroatoms. The molecule has 2 rings (SSSR count). The Morgan fingerprint density at radius 2 is 1.95 bits per heavy atom. The first-order valence-electron chi connectivity index (χ1n) is 6.87. The lowest BCUT2D eigenvalue weighted by Gasteiger charge is -2.35. The number of nitrogens with one attached hydrogen (secondary N) is 1. The second-order valence-electron chi connectivity index (χ2n) is 5.30. The maximum absolute atomic E-state index is 12.5. The molecule has 0 aromatic carbocycles. The van der Waals surface area contributed by atoms with Crippen molar-refractivity contribution < 1.29 is 13.2 Å². The molecule has 0 saturated carbocycles. The molecule has 0 bridgehead atoms. The Kier molecular flexibility index (Phi) is 4.52. The minimum Gasteiger partial charge on any atom is -0.357 e. The van der Waals surface area contributed by atoms with Gasteiger partial charge in [0.15, 0.2) is 0 Å². The van der Waals surface area contributed by atoms with Gasteiger partial charge in [0.05, 0.1) is 5.56 Å². The van der Waals surface area contributed by atoms with Crippen molar-refractivity contribution >= 4 is 5.82 Å². The first-order chi connectivity index (χ1) is 9.41. The smallest absolute Gasteiger partial charge is 0.357 e. The van der Waals surface area contributed by atoms with Crippen LogP contribution in [0, 0.1) is 5.92 Å². The summed E-state index contributed by atoms with van der Waals surface area (Å²) in [5, 5.41) is 3.25. The van der Waals surface area contributed by atoms with Crippen molar-refractivity contribution in [3.63, 3.8) is 0 Å². The highest BCUT2D eigenvalue weighted by molar-refractivity contribution is 5.40. The maximum Gasteiger partial charge on any atom is 0.417 e. The number of hydrogen-bond acceptors (Lipinski definition) is 3. The van der Waals surface area contributed by atoms with E-state index >= 15 is 0 Å². The van der Waals surface area contributed by atoms with E-state index in [9.17, 15) is 13.2 Å². The van der Waals surface area contributed by atoms with E-state index < -0.39 is 11.7 Å². The summed E-state index contributed by atoms with van der Waals surface area (Å²) in [5.74, 6) is 1.25. The summed E-state index contributed by atoms with van der Waals surface area (Å²) in [7, 11) is 1.95. The third kappa shape index (κ3) is 3.42. The van der Waals surface area contributed by atoms with Crippen LogP contribution in [0.25, 0.3) is 0 Å². The molecule has 1 unspecified atom stereocenters. The van der Waals surface area contributed by atoms with Crippen LogP contribution in [0.15, 0.2) is 18.3 Å². The molecule has 1 aliphatic heterocycles. The van der Waals surface area contributed by atoms with Crippen LogP contribution in [0.2, 0.25) is 0 Å². The van der Waals surface area contributed by atoms with Gasteiger partial charge in [0, 0.05) is 25.3 Å². The highest BCUT2D eigenvalue weighted by Crippen LogP contribution is 2.30. The van der Waals surface area contributed by atoms with Gasteiger partial charge in [-0.3, -0.25) is 0 Å². The molecule has 1 atom stereocenters. The molecule has 1 saturated heterocycles. The molecule has 1 aromatic heterocycles. The Labute approximate surface area is 117 Å². The average molecular weight is 287 g/mol. The van der Waals surface area contributed by atoms with Gasteiger partial charge in [0.25, 0.3) is 0 Å². The standard InChI is InChI=1S/C14H20F3N3/c1-10(18-2)11-5-7-20(8-6-11)13-4-3-12(9-19-13)14(15,16)17/h3-4,9-11,18H,5-8H2,1-2H3. The number of nitrogens with zero attached hydrogens (tertiary/aromatic N) is 2. The van der Waals surface area contributed by atoms with Crippen molar-refractivity contribution in [2.45, 2.75) is 32.0 Å². The van der Waals surface area contributed by atoms with E-state index in [0.29, 0.717) is 17.8 Å². The number of aromatic nitrogens is 1. The van der Waals surface area contributed by atoms with Gasteiger partial charge in [-0.2, -0.15) is 13.2 Å². The molecule has 112 valence electrons. The summed E-state index contributed by atoms with van der Waals surface area (Å²) >= 11 is 0. The molecule has 0 aliphatic carbocycles. The third-order valence-corrected chi connectivity index (χ3v) is 4.10. The molecule has 0 amide bonds. The normalized spacial score (nSPS) is 19.1. The molecule has 1 fully saturated rings. The molecule has 1 aromatic rings. The van der Waals surface area contributed by atoms with Gasteiger partial charge in [-0.1, -0.05) is 0 Å². The molecule has 1 N–H and O–H groups in total. The molecule has 0 radical (unpaired) electrons. The monoisotopic (exact) mass is 287 g/mol. The number of rotatable bonds is 3. The van der Waals surface area contributed by atoms with Crippen LogP contribution in [-0.4, -0.2) is 31.2 Å². The lowest BCUT2D eigenvalue weighted by Crippen LogP contribution is -2.41. The second kappa shape index (κ2) is 5.99. The fraction of sp³-hybridized carbons (Fsp3) is 0.643. The van der Waals surface area contributed by atoms with Crippen molar-refractivity contribution in [1.29, 1.82) is 0 Å². The molecule has 3 nitrogen and oxygen atoms in total. The van der Waals surface area contributed by atoms with Gasteiger partial charge >= 0.3 is 6.18 Å². The van der Waals surface area contributed by atoms with E-state index in [1.165, 1.54) is 6.07 Å². The van der Waals surface area contributed by atoms with E-state index in [0.717, 1.165) is 38.2 Å². The molecular formula is C14H20F3N3. The maximum atomic E-state index is 12.5. The summed E-state index contributed by atoms with van der Waals surface area (Å²) in [6, 6.07) is 3.03. The van der Waals surface area contributed by atoms with E-state index in [4.69, 9.17) is 0 Å². The SMILES string of the molecule is CNC(C)C1CCN(c2ccc(C(F)(F)F)cn2)CC1. The van der Waals surface area contributed by atoms with Gasteiger partial charge < -0.3 is 10.2 Å². The zero-order valence-corrected chi connectivity index (χ0v) is 11.7. The number of halogens is 3. The van der Waals surface area contributed by atoms with Gasteiger partial charge in [-0.15, -0.1) is 0 Å². The summed E-state index contributed by atoms with van der Waals surface area (Å²) < 4.78 is 37.4. The Bertz CT molecular complexity index is 422. The van der Waals surface area contributed by atoms with Gasteiger partial charge in [-0.05, 0) is 44.9 Å². The van der Waals surface area contributed by atoms with E-state index in [2.05, 4.69) is 22.1 Å². The number of hydrogen-bond donors (Lipinski definition) is 1. The second-order valence-corrected chi connectivity index (χ2v) is 5.30. The van der Waals surface area contributed by atoms with Gasteiger partial charge in [0.1, 0.15) is 5.82 Å². The number of anilines is 1. The van der Waals surface area contributed by atoms with Crippen LogP contribution in [0.5, 0.6) is 0 Å².